The highest BCUT2D eigenvalue weighted by Gasteiger charge is 2.32. The molecule has 1 heterocycles. The molecule has 176 valence electrons. The molecule has 0 radical (unpaired) electrons. The molecule has 0 saturated carbocycles. The molecule has 0 spiro atoms. The van der Waals surface area contributed by atoms with E-state index in [1.165, 1.54) is 4.90 Å². The van der Waals surface area contributed by atoms with E-state index in [1.54, 1.807) is 25.6 Å². The summed E-state index contributed by atoms with van der Waals surface area (Å²) in [6.45, 7) is 12.3. The first-order valence-electron chi connectivity index (χ1n) is 10.7. The molecule has 0 unspecified atom stereocenters. The van der Waals surface area contributed by atoms with Crippen LogP contribution in [-0.2, 0) is 19.7 Å². The molecule has 1 aromatic carbocycles. The summed E-state index contributed by atoms with van der Waals surface area (Å²) in [5.41, 5.74) is 1.80. The predicted octanol–water partition coefficient (Wildman–Crippen LogP) is 4.16. The van der Waals surface area contributed by atoms with Gasteiger partial charge in [0.1, 0.15) is 12.4 Å². The standard InChI is InChI=1S/C24H35ClN4O3/c1-17-10-8-9-11-18(17)29-20(14-19(27-29)23(2,3)4)26-21(30)15-28(12-13-32-7)22(31)24(5,6)16-25/h8-11,14H,12-13,15-16H2,1-7H3,(H,26,30). The van der Waals surface area contributed by atoms with Gasteiger partial charge in [-0.25, -0.2) is 4.68 Å². The van der Waals surface area contributed by atoms with Gasteiger partial charge >= 0.3 is 0 Å². The topological polar surface area (TPSA) is 76.5 Å². The van der Waals surface area contributed by atoms with Crippen LogP contribution in [0.15, 0.2) is 30.3 Å². The fraction of sp³-hybridized carbons (Fsp3) is 0.542. The first kappa shape index (κ1) is 25.9. The number of amides is 2. The van der Waals surface area contributed by atoms with Gasteiger partial charge < -0.3 is 15.0 Å². The van der Waals surface area contributed by atoms with Crippen molar-refractivity contribution < 1.29 is 14.3 Å². The van der Waals surface area contributed by atoms with E-state index in [4.69, 9.17) is 21.4 Å². The van der Waals surface area contributed by atoms with E-state index in [9.17, 15) is 9.59 Å². The van der Waals surface area contributed by atoms with Crippen LogP contribution in [0.25, 0.3) is 5.69 Å². The maximum Gasteiger partial charge on any atom is 0.245 e. The number of para-hydroxylation sites is 1. The van der Waals surface area contributed by atoms with Crippen molar-refractivity contribution in [3.63, 3.8) is 0 Å². The maximum absolute atomic E-state index is 13.0. The number of nitrogens with zero attached hydrogens (tertiary/aromatic N) is 3. The van der Waals surface area contributed by atoms with Gasteiger partial charge in [-0.05, 0) is 32.4 Å². The predicted molar refractivity (Wildman–Crippen MR) is 129 cm³/mol. The molecule has 32 heavy (non-hydrogen) atoms. The number of aromatic nitrogens is 2. The quantitative estimate of drug-likeness (QED) is 0.568. The Morgan fingerprint density at radius 3 is 2.41 bits per heavy atom. The van der Waals surface area contributed by atoms with Crippen LogP contribution in [0.1, 0.15) is 45.9 Å². The monoisotopic (exact) mass is 462 g/mol. The zero-order chi connectivity index (χ0) is 24.1. The summed E-state index contributed by atoms with van der Waals surface area (Å²) >= 11 is 5.99. The lowest BCUT2D eigenvalue weighted by Crippen LogP contribution is -2.46. The maximum atomic E-state index is 13.0. The van der Waals surface area contributed by atoms with Gasteiger partial charge in [0, 0.05) is 31.0 Å². The zero-order valence-corrected chi connectivity index (χ0v) is 20.9. The molecule has 0 bridgehead atoms. The smallest absolute Gasteiger partial charge is 0.245 e. The number of ether oxygens (including phenoxy) is 1. The summed E-state index contributed by atoms with van der Waals surface area (Å²) in [7, 11) is 1.56. The van der Waals surface area contributed by atoms with Crippen molar-refractivity contribution in [1.82, 2.24) is 14.7 Å². The Bertz CT molecular complexity index is 947. The second-order valence-corrected chi connectivity index (χ2v) is 9.92. The van der Waals surface area contributed by atoms with Crippen molar-refractivity contribution >= 4 is 29.2 Å². The van der Waals surface area contributed by atoms with Crippen LogP contribution in [0.3, 0.4) is 0 Å². The SMILES string of the molecule is COCCN(CC(=O)Nc1cc(C(C)(C)C)nn1-c1ccccc1C)C(=O)C(C)(C)CCl. The first-order valence-corrected chi connectivity index (χ1v) is 11.2. The van der Waals surface area contributed by atoms with E-state index in [1.807, 2.05) is 37.3 Å². The van der Waals surface area contributed by atoms with Gasteiger partial charge in [0.15, 0.2) is 0 Å². The van der Waals surface area contributed by atoms with Crippen LogP contribution in [0.2, 0.25) is 0 Å². The molecule has 0 fully saturated rings. The summed E-state index contributed by atoms with van der Waals surface area (Å²) in [5, 5.41) is 7.72. The highest BCUT2D eigenvalue weighted by molar-refractivity contribution is 6.19. The normalized spacial score (nSPS) is 12.0. The van der Waals surface area contributed by atoms with E-state index in [0.29, 0.717) is 19.0 Å². The van der Waals surface area contributed by atoms with Crippen molar-refractivity contribution in [3.8, 4) is 5.69 Å². The van der Waals surface area contributed by atoms with E-state index in [-0.39, 0.29) is 29.7 Å². The van der Waals surface area contributed by atoms with Gasteiger partial charge in [-0.3, -0.25) is 9.59 Å². The third-order valence-electron chi connectivity index (χ3n) is 5.19. The molecule has 0 aliphatic heterocycles. The lowest BCUT2D eigenvalue weighted by atomic mass is 9.92. The van der Waals surface area contributed by atoms with Gasteiger partial charge in [0.25, 0.3) is 0 Å². The number of nitrogens with one attached hydrogen (secondary N) is 1. The minimum atomic E-state index is -0.780. The highest BCUT2D eigenvalue weighted by atomic mass is 35.5. The van der Waals surface area contributed by atoms with Crippen LogP contribution < -0.4 is 5.32 Å². The van der Waals surface area contributed by atoms with Crippen molar-refractivity contribution in [1.29, 1.82) is 0 Å². The molecule has 1 aromatic heterocycles. The summed E-state index contributed by atoms with van der Waals surface area (Å²) < 4.78 is 6.87. The number of halogens is 1. The van der Waals surface area contributed by atoms with Crippen LogP contribution in [0, 0.1) is 12.3 Å². The van der Waals surface area contributed by atoms with Crippen LogP contribution >= 0.6 is 11.6 Å². The van der Waals surface area contributed by atoms with Crippen LogP contribution in [0.4, 0.5) is 5.82 Å². The molecule has 0 saturated heterocycles. The Morgan fingerprint density at radius 1 is 1.19 bits per heavy atom. The molecule has 2 aromatic rings. The Labute approximate surface area is 196 Å². The zero-order valence-electron chi connectivity index (χ0n) is 20.2. The van der Waals surface area contributed by atoms with Gasteiger partial charge in [0.05, 0.1) is 23.4 Å². The number of anilines is 1. The molecule has 8 heteroatoms. The van der Waals surface area contributed by atoms with E-state index in [2.05, 4.69) is 26.1 Å². The third-order valence-corrected chi connectivity index (χ3v) is 5.86. The van der Waals surface area contributed by atoms with Gasteiger partial charge in [-0.15, -0.1) is 11.6 Å². The third kappa shape index (κ3) is 6.33. The molecule has 2 amide bonds. The summed E-state index contributed by atoms with van der Waals surface area (Å²) in [6.07, 6.45) is 0. The summed E-state index contributed by atoms with van der Waals surface area (Å²) in [4.78, 5) is 27.4. The average molecular weight is 463 g/mol. The highest BCUT2D eigenvalue weighted by Crippen LogP contribution is 2.27. The summed E-state index contributed by atoms with van der Waals surface area (Å²) in [5.74, 6) is 0.217. The fourth-order valence-electron chi connectivity index (χ4n) is 3.12. The molecule has 0 atom stereocenters. The number of carbonyl (C=O) groups excluding carboxylic acids is 2. The van der Waals surface area contributed by atoms with E-state index >= 15 is 0 Å². The Morgan fingerprint density at radius 2 is 1.84 bits per heavy atom. The number of hydrogen-bond acceptors (Lipinski definition) is 4. The molecular weight excluding hydrogens is 428 g/mol. The largest absolute Gasteiger partial charge is 0.383 e. The number of alkyl halides is 1. The minimum Gasteiger partial charge on any atom is -0.383 e. The van der Waals surface area contributed by atoms with Crippen molar-refractivity contribution in [2.45, 2.75) is 47.0 Å². The molecule has 0 aliphatic rings. The number of aryl methyl sites for hydroxylation is 1. The number of benzene rings is 1. The minimum absolute atomic E-state index is 0.105. The lowest BCUT2D eigenvalue weighted by molar-refractivity contribution is -0.142. The number of hydrogen-bond donors (Lipinski definition) is 1. The lowest BCUT2D eigenvalue weighted by Gasteiger charge is -2.30. The average Bonchev–Trinajstić information content (AvgIpc) is 3.14. The van der Waals surface area contributed by atoms with Crippen LogP contribution in [0.5, 0.6) is 0 Å². The Kier molecular flexibility index (Phi) is 8.48. The van der Waals surface area contributed by atoms with Crippen molar-refractivity contribution in [3.05, 3.63) is 41.6 Å². The molecule has 0 aliphatic carbocycles. The van der Waals surface area contributed by atoms with Gasteiger partial charge in [-0.1, -0.05) is 39.0 Å². The Hall–Kier alpha value is -2.38. The second-order valence-electron chi connectivity index (χ2n) is 9.65. The van der Waals surface area contributed by atoms with Crippen LogP contribution in [-0.4, -0.2) is 59.2 Å². The summed E-state index contributed by atoms with van der Waals surface area (Å²) in [6, 6.07) is 9.74. The first-order chi connectivity index (χ1) is 14.9. The van der Waals surface area contributed by atoms with E-state index < -0.39 is 5.41 Å². The molecule has 1 N–H and O–H groups in total. The van der Waals surface area contributed by atoms with Gasteiger partial charge in [0.2, 0.25) is 11.8 Å². The fourth-order valence-corrected chi connectivity index (χ4v) is 3.23. The molecule has 7 nitrogen and oxygen atoms in total. The molecular formula is C24H35ClN4O3. The number of rotatable bonds is 9. The van der Waals surface area contributed by atoms with Crippen molar-refractivity contribution in [2.75, 3.05) is 38.0 Å². The van der Waals surface area contributed by atoms with E-state index in [0.717, 1.165) is 16.9 Å². The molecule has 2 rings (SSSR count). The number of carbonyl (C=O) groups is 2. The Balaban J connectivity index is 2.33. The van der Waals surface area contributed by atoms with Gasteiger partial charge in [-0.2, -0.15) is 5.10 Å². The van der Waals surface area contributed by atoms with Crippen molar-refractivity contribution in [2.24, 2.45) is 5.41 Å². The second kappa shape index (κ2) is 10.5. The number of methoxy groups -OCH3 is 1.